The van der Waals surface area contributed by atoms with Crippen molar-refractivity contribution in [2.75, 3.05) is 57.4 Å². The van der Waals surface area contributed by atoms with E-state index in [1.165, 1.54) is 12.1 Å². The van der Waals surface area contributed by atoms with Gasteiger partial charge in [-0.15, -0.1) is 0 Å². The van der Waals surface area contributed by atoms with Crippen molar-refractivity contribution < 1.29 is 28.6 Å². The highest BCUT2D eigenvalue weighted by atomic mass is 32.2. The summed E-state index contributed by atoms with van der Waals surface area (Å²) in [5, 5.41) is 10.3. The highest BCUT2D eigenvalue weighted by molar-refractivity contribution is 7.99. The first-order chi connectivity index (χ1) is 19.3. The van der Waals surface area contributed by atoms with E-state index in [4.69, 9.17) is 4.74 Å². The number of ether oxygens (including phenoxy) is 1. The molecule has 0 aromatic heterocycles. The van der Waals surface area contributed by atoms with Gasteiger partial charge in [0.2, 0.25) is 5.91 Å². The first kappa shape index (κ1) is 33.8. The van der Waals surface area contributed by atoms with Gasteiger partial charge in [-0.05, 0) is 56.3 Å². The Kier molecular flexibility index (Phi) is 15.9. The third-order valence-electron chi connectivity index (χ3n) is 7.11. The number of carbonyl (C=O) groups excluding carboxylic acids is 3. The second-order valence-electron chi connectivity index (χ2n) is 9.85. The number of likely N-dealkylation sites (tertiary alicyclic amines) is 1. The summed E-state index contributed by atoms with van der Waals surface area (Å²) in [5.74, 6) is 0.771. The van der Waals surface area contributed by atoms with Gasteiger partial charge in [0.15, 0.2) is 6.61 Å². The molecule has 0 saturated carbocycles. The van der Waals surface area contributed by atoms with Gasteiger partial charge in [-0.2, -0.15) is 11.8 Å². The highest BCUT2D eigenvalue weighted by Gasteiger charge is 2.28. The number of benzene rings is 1. The van der Waals surface area contributed by atoms with Gasteiger partial charge in [0.05, 0.1) is 12.1 Å². The topological polar surface area (TPSA) is 90.4 Å². The number of thioether (sulfide) groups is 1. The molecule has 8 nitrogen and oxygen atoms in total. The van der Waals surface area contributed by atoms with Crippen LogP contribution in [0.25, 0.3) is 0 Å². The maximum absolute atomic E-state index is 13.1. The maximum atomic E-state index is 13.1. The van der Waals surface area contributed by atoms with Crippen LogP contribution in [0.3, 0.4) is 0 Å². The summed E-state index contributed by atoms with van der Waals surface area (Å²) < 4.78 is 18.3. The number of halogens is 1. The van der Waals surface area contributed by atoms with Crippen LogP contribution < -0.4 is 0 Å². The second-order valence-corrected chi connectivity index (χ2v) is 11.1. The van der Waals surface area contributed by atoms with Crippen molar-refractivity contribution >= 4 is 29.5 Å². The zero-order valence-corrected chi connectivity index (χ0v) is 25.0. The fourth-order valence-electron chi connectivity index (χ4n) is 4.58. The number of hydrogen-bond acceptors (Lipinski definition) is 7. The van der Waals surface area contributed by atoms with Gasteiger partial charge in [0.25, 0.3) is 5.91 Å². The van der Waals surface area contributed by atoms with Gasteiger partial charge in [0, 0.05) is 51.2 Å². The van der Waals surface area contributed by atoms with Gasteiger partial charge in [-0.25, -0.2) is 4.39 Å². The van der Waals surface area contributed by atoms with Gasteiger partial charge in [0.1, 0.15) is 5.82 Å². The predicted molar refractivity (Wildman–Crippen MR) is 158 cm³/mol. The molecule has 0 bridgehead atoms. The Morgan fingerprint density at radius 2 is 1.88 bits per heavy atom. The number of rotatable bonds is 19. The highest BCUT2D eigenvalue weighted by Crippen LogP contribution is 2.21. The van der Waals surface area contributed by atoms with Crippen LogP contribution >= 0.6 is 11.8 Å². The number of amides is 2. The molecule has 40 heavy (non-hydrogen) atoms. The van der Waals surface area contributed by atoms with Crippen molar-refractivity contribution in [1.29, 1.82) is 0 Å². The molecular formula is C30H46FN3O5S. The van der Waals surface area contributed by atoms with E-state index in [1.807, 2.05) is 17.9 Å². The molecule has 1 saturated heterocycles. The average molecular weight is 580 g/mol. The lowest BCUT2D eigenvalue weighted by molar-refractivity contribution is -0.152. The zero-order chi connectivity index (χ0) is 29.3. The lowest BCUT2D eigenvalue weighted by atomic mass is 10.1. The van der Waals surface area contributed by atoms with Crippen LogP contribution in [0.1, 0.15) is 52.0 Å². The summed E-state index contributed by atoms with van der Waals surface area (Å²) in [6.07, 6.45) is 5.40. The smallest absolute Gasteiger partial charge is 0.306 e. The summed E-state index contributed by atoms with van der Waals surface area (Å²) >= 11 is 1.67. The third kappa shape index (κ3) is 12.4. The molecule has 1 heterocycles. The molecule has 0 unspecified atom stereocenters. The monoisotopic (exact) mass is 579 g/mol. The molecule has 224 valence electrons. The van der Waals surface area contributed by atoms with E-state index in [2.05, 4.69) is 18.7 Å². The van der Waals surface area contributed by atoms with Crippen LogP contribution in [0.5, 0.6) is 0 Å². The van der Waals surface area contributed by atoms with Gasteiger partial charge in [-0.3, -0.25) is 14.4 Å². The number of likely N-dealkylation sites (N-methyl/N-ethyl adjacent to an activating group) is 2. The van der Waals surface area contributed by atoms with Gasteiger partial charge < -0.3 is 24.5 Å². The van der Waals surface area contributed by atoms with Crippen molar-refractivity contribution in [1.82, 2.24) is 14.7 Å². The van der Waals surface area contributed by atoms with Crippen LogP contribution in [-0.4, -0.2) is 107 Å². The van der Waals surface area contributed by atoms with E-state index in [0.717, 1.165) is 43.1 Å². The Hall–Kier alpha value is -2.43. The number of hydrogen-bond donors (Lipinski definition) is 1. The van der Waals surface area contributed by atoms with E-state index in [-0.39, 0.29) is 42.7 Å². The van der Waals surface area contributed by atoms with E-state index < -0.39 is 6.10 Å². The van der Waals surface area contributed by atoms with Crippen molar-refractivity contribution in [2.45, 2.75) is 65.0 Å². The van der Waals surface area contributed by atoms with E-state index in [1.54, 1.807) is 34.9 Å². The molecule has 2 atom stereocenters. The lowest BCUT2D eigenvalue weighted by Gasteiger charge is -2.25. The van der Waals surface area contributed by atoms with E-state index >= 15 is 0 Å². The summed E-state index contributed by atoms with van der Waals surface area (Å²) in [6, 6.07) is 6.02. The van der Waals surface area contributed by atoms with E-state index in [9.17, 15) is 23.9 Å². The lowest BCUT2D eigenvalue weighted by Crippen LogP contribution is -2.40. The molecule has 10 heteroatoms. The normalized spacial score (nSPS) is 16.2. The Balaban J connectivity index is 1.61. The number of esters is 1. The molecule has 1 aliphatic rings. The van der Waals surface area contributed by atoms with Gasteiger partial charge in [-0.1, -0.05) is 38.1 Å². The van der Waals surface area contributed by atoms with Crippen molar-refractivity contribution in [2.24, 2.45) is 0 Å². The second kappa shape index (κ2) is 18.8. The van der Waals surface area contributed by atoms with Crippen LogP contribution in [0.2, 0.25) is 0 Å². The van der Waals surface area contributed by atoms with Crippen LogP contribution in [0.4, 0.5) is 4.39 Å². The third-order valence-corrected chi connectivity index (χ3v) is 8.15. The minimum atomic E-state index is -0.704. The zero-order valence-electron chi connectivity index (χ0n) is 24.2. The summed E-state index contributed by atoms with van der Waals surface area (Å²) in [4.78, 5) is 42.7. The molecule has 0 spiro atoms. The minimum absolute atomic E-state index is 0.0433. The molecule has 0 radical (unpaired) electrons. The van der Waals surface area contributed by atoms with Crippen LogP contribution in [-0.2, 0) is 25.5 Å². The molecule has 1 aliphatic heterocycles. The first-order valence-corrected chi connectivity index (χ1v) is 15.6. The summed E-state index contributed by atoms with van der Waals surface area (Å²) in [7, 11) is 0. The SMILES string of the molecule is CCN(CC)CCN(CC)C(=O)COC(=O)CCCSCCN1C(=O)CC[C@@H]1/C=C/[C@@H](O)Cc1ccc(F)cc1. The van der Waals surface area contributed by atoms with E-state index in [0.29, 0.717) is 38.9 Å². The van der Waals surface area contributed by atoms with Crippen molar-refractivity contribution in [3.05, 3.63) is 47.8 Å². The average Bonchev–Trinajstić information content (AvgIpc) is 3.30. The molecule has 1 aromatic carbocycles. The Morgan fingerprint density at radius 3 is 2.55 bits per heavy atom. The predicted octanol–water partition coefficient (Wildman–Crippen LogP) is 3.52. The Morgan fingerprint density at radius 1 is 1.15 bits per heavy atom. The number of nitrogens with zero attached hydrogens (tertiary/aromatic N) is 3. The van der Waals surface area contributed by atoms with Gasteiger partial charge >= 0.3 is 5.97 Å². The molecule has 0 aliphatic carbocycles. The Labute approximate surface area is 242 Å². The fraction of sp³-hybridized carbons (Fsp3) is 0.633. The molecule has 1 fully saturated rings. The molecule has 1 N–H and O–H groups in total. The molecule has 2 amide bonds. The fourth-order valence-corrected chi connectivity index (χ4v) is 5.46. The van der Waals surface area contributed by atoms with Crippen LogP contribution in [0.15, 0.2) is 36.4 Å². The van der Waals surface area contributed by atoms with Crippen molar-refractivity contribution in [3.8, 4) is 0 Å². The summed E-state index contributed by atoms with van der Waals surface area (Å²) in [6.45, 7) is 10.4. The maximum Gasteiger partial charge on any atom is 0.306 e. The van der Waals surface area contributed by atoms with Crippen molar-refractivity contribution in [3.63, 3.8) is 0 Å². The minimum Gasteiger partial charge on any atom is -0.456 e. The van der Waals surface area contributed by atoms with Crippen LogP contribution in [0, 0.1) is 5.82 Å². The molecular weight excluding hydrogens is 533 g/mol. The number of aliphatic hydroxyl groups is 1. The Bertz CT molecular complexity index is 942. The molecule has 2 rings (SSSR count). The number of carbonyl (C=O) groups is 3. The largest absolute Gasteiger partial charge is 0.456 e. The molecule has 1 aromatic rings. The standard InChI is InChI=1S/C30H46FN3O5S/c1-4-32(5-2)17-18-33(6-3)29(37)23-39-30(38)8-7-20-40-21-19-34-26(14-16-28(34)36)13-15-27(35)22-24-9-11-25(31)12-10-24/h9-13,15,26-27,35H,4-8,14,16-23H2,1-3H3/b15-13+/t26-,27+/m0/s1. The number of aliphatic hydroxyl groups excluding tert-OH is 1. The quantitative estimate of drug-likeness (QED) is 0.152. The summed E-state index contributed by atoms with van der Waals surface area (Å²) in [5.41, 5.74) is 0.846. The first-order valence-electron chi connectivity index (χ1n) is 14.4.